The van der Waals surface area contributed by atoms with Crippen LogP contribution in [0.4, 0.5) is 0 Å². The van der Waals surface area contributed by atoms with Crippen molar-refractivity contribution >= 4 is 11.7 Å². The molecule has 4 rings (SSSR count). The number of rotatable bonds is 7. The Kier molecular flexibility index (Phi) is 6.77. The van der Waals surface area contributed by atoms with Gasteiger partial charge in [0.25, 0.3) is 0 Å². The number of hydrogen-bond donors (Lipinski definition) is 0. The average molecular weight is 454 g/mol. The lowest BCUT2D eigenvalue weighted by molar-refractivity contribution is -0.134. The van der Waals surface area contributed by atoms with E-state index < -0.39 is 5.60 Å². The van der Waals surface area contributed by atoms with Gasteiger partial charge in [0, 0.05) is 38.4 Å². The number of likely N-dealkylation sites (tertiary alicyclic amines) is 1. The lowest BCUT2D eigenvalue weighted by atomic mass is 9.82. The van der Waals surface area contributed by atoms with E-state index in [1.54, 1.807) is 32.4 Å². The molecule has 0 radical (unpaired) electrons. The van der Waals surface area contributed by atoms with Crippen LogP contribution in [0.15, 0.2) is 36.4 Å². The maximum absolute atomic E-state index is 12.9. The van der Waals surface area contributed by atoms with Crippen LogP contribution in [0.2, 0.25) is 0 Å². The zero-order chi connectivity index (χ0) is 23.4. The molecule has 1 saturated heterocycles. The van der Waals surface area contributed by atoms with E-state index in [-0.39, 0.29) is 11.7 Å². The molecule has 0 bridgehead atoms. The molecule has 0 aliphatic carbocycles. The molecule has 1 spiro atoms. The predicted molar refractivity (Wildman–Crippen MR) is 124 cm³/mol. The summed E-state index contributed by atoms with van der Waals surface area (Å²) < 4.78 is 22.6. The number of carbonyl (C=O) groups is 2. The Morgan fingerprint density at radius 2 is 1.85 bits per heavy atom. The van der Waals surface area contributed by atoms with Crippen molar-refractivity contribution in [2.75, 3.05) is 33.9 Å². The van der Waals surface area contributed by atoms with Crippen molar-refractivity contribution in [2.45, 2.75) is 44.6 Å². The number of nitrogens with zero attached hydrogens (tertiary/aromatic N) is 1. The summed E-state index contributed by atoms with van der Waals surface area (Å²) in [5, 5.41) is 0. The van der Waals surface area contributed by atoms with Crippen LogP contribution in [0.5, 0.6) is 23.0 Å². The number of aryl methyl sites for hydroxylation is 1. The normalized spacial score (nSPS) is 16.7. The molecule has 2 aliphatic heterocycles. The van der Waals surface area contributed by atoms with Crippen LogP contribution in [0.3, 0.4) is 0 Å². The fourth-order valence-electron chi connectivity index (χ4n) is 4.60. The number of amides is 1. The molecule has 2 heterocycles. The van der Waals surface area contributed by atoms with E-state index in [9.17, 15) is 9.59 Å². The molecule has 2 aromatic rings. The SMILES string of the molecule is CCOc1ccc(CCC(=O)N2CCC3(CC2)CC(=O)c2ccc(OC)cc2O3)cc1OC. The van der Waals surface area contributed by atoms with Crippen molar-refractivity contribution in [1.29, 1.82) is 0 Å². The Morgan fingerprint density at radius 3 is 2.55 bits per heavy atom. The number of hydrogen-bond acceptors (Lipinski definition) is 6. The minimum absolute atomic E-state index is 0.0862. The van der Waals surface area contributed by atoms with Gasteiger partial charge in [0.2, 0.25) is 5.91 Å². The molecule has 7 heteroatoms. The second-order valence-corrected chi connectivity index (χ2v) is 8.55. The summed E-state index contributed by atoms with van der Waals surface area (Å²) in [4.78, 5) is 27.5. The number of piperidine rings is 1. The summed E-state index contributed by atoms with van der Waals surface area (Å²) in [6.45, 7) is 3.66. The van der Waals surface area contributed by atoms with E-state index in [1.165, 1.54) is 0 Å². The first-order valence-corrected chi connectivity index (χ1v) is 11.4. The smallest absolute Gasteiger partial charge is 0.222 e. The number of methoxy groups -OCH3 is 2. The van der Waals surface area contributed by atoms with Gasteiger partial charge in [-0.25, -0.2) is 0 Å². The number of Topliss-reactive ketones (excluding diaryl/α,β-unsaturated/α-hetero) is 1. The number of ether oxygens (including phenoxy) is 4. The highest BCUT2D eigenvalue weighted by atomic mass is 16.5. The molecule has 2 aromatic carbocycles. The van der Waals surface area contributed by atoms with Crippen molar-refractivity contribution in [2.24, 2.45) is 0 Å². The fourth-order valence-corrected chi connectivity index (χ4v) is 4.60. The molecule has 33 heavy (non-hydrogen) atoms. The van der Waals surface area contributed by atoms with Gasteiger partial charge in [-0.2, -0.15) is 0 Å². The van der Waals surface area contributed by atoms with Gasteiger partial charge < -0.3 is 23.8 Å². The Balaban J connectivity index is 1.34. The average Bonchev–Trinajstić information content (AvgIpc) is 2.83. The first-order valence-electron chi connectivity index (χ1n) is 11.4. The fraction of sp³-hybridized carbons (Fsp3) is 0.462. The van der Waals surface area contributed by atoms with Gasteiger partial charge in [0.05, 0.1) is 32.8 Å². The molecular weight excluding hydrogens is 422 g/mol. The maximum Gasteiger partial charge on any atom is 0.222 e. The van der Waals surface area contributed by atoms with Crippen molar-refractivity contribution in [3.05, 3.63) is 47.5 Å². The number of benzene rings is 2. The van der Waals surface area contributed by atoms with Gasteiger partial charge in [-0.05, 0) is 43.2 Å². The van der Waals surface area contributed by atoms with Crippen LogP contribution in [0, 0.1) is 0 Å². The summed E-state index contributed by atoms with van der Waals surface area (Å²) in [5.41, 5.74) is 1.09. The van der Waals surface area contributed by atoms with E-state index in [0.29, 0.717) is 80.4 Å². The molecule has 0 unspecified atom stereocenters. The van der Waals surface area contributed by atoms with E-state index in [2.05, 4.69) is 0 Å². The van der Waals surface area contributed by atoms with Gasteiger partial charge >= 0.3 is 0 Å². The summed E-state index contributed by atoms with van der Waals surface area (Å²) >= 11 is 0. The molecule has 0 N–H and O–H groups in total. The van der Waals surface area contributed by atoms with Crippen molar-refractivity contribution in [3.8, 4) is 23.0 Å². The van der Waals surface area contributed by atoms with Gasteiger partial charge in [-0.3, -0.25) is 9.59 Å². The third-order valence-electron chi connectivity index (χ3n) is 6.48. The number of carbonyl (C=O) groups excluding carboxylic acids is 2. The predicted octanol–water partition coefficient (Wildman–Crippen LogP) is 4.06. The largest absolute Gasteiger partial charge is 0.497 e. The highest BCUT2D eigenvalue weighted by molar-refractivity contribution is 6.00. The Bertz CT molecular complexity index is 1030. The molecule has 1 amide bonds. The highest BCUT2D eigenvalue weighted by Gasteiger charge is 2.43. The second kappa shape index (κ2) is 9.73. The minimum Gasteiger partial charge on any atom is -0.497 e. The Morgan fingerprint density at radius 1 is 1.06 bits per heavy atom. The first-order chi connectivity index (χ1) is 16.0. The van der Waals surface area contributed by atoms with Gasteiger partial charge in [-0.15, -0.1) is 0 Å². The third kappa shape index (κ3) is 4.92. The topological polar surface area (TPSA) is 74.3 Å². The van der Waals surface area contributed by atoms with Crippen LogP contribution < -0.4 is 18.9 Å². The van der Waals surface area contributed by atoms with E-state index in [4.69, 9.17) is 18.9 Å². The molecule has 0 saturated carbocycles. The minimum atomic E-state index is -0.546. The maximum atomic E-state index is 12.9. The standard InChI is InChI=1S/C26H31NO6/c1-4-32-22-9-5-18(15-24(22)31-3)6-10-25(29)27-13-11-26(12-14-27)17-21(28)20-8-7-19(30-2)16-23(20)33-26/h5,7-9,15-16H,4,6,10-14,17H2,1-3H3. The Hall–Kier alpha value is -3.22. The monoisotopic (exact) mass is 453 g/mol. The van der Waals surface area contributed by atoms with E-state index in [0.717, 1.165) is 5.56 Å². The van der Waals surface area contributed by atoms with Crippen molar-refractivity contribution < 1.29 is 28.5 Å². The molecule has 1 fully saturated rings. The van der Waals surface area contributed by atoms with Crippen molar-refractivity contribution in [3.63, 3.8) is 0 Å². The summed E-state index contributed by atoms with van der Waals surface area (Å²) in [5.74, 6) is 2.83. The molecular formula is C26H31NO6. The molecule has 176 valence electrons. The van der Waals surface area contributed by atoms with Crippen LogP contribution in [0.25, 0.3) is 0 Å². The highest BCUT2D eigenvalue weighted by Crippen LogP contribution is 2.41. The van der Waals surface area contributed by atoms with Crippen molar-refractivity contribution in [1.82, 2.24) is 4.90 Å². The molecule has 7 nitrogen and oxygen atoms in total. The Labute approximate surface area is 194 Å². The summed E-state index contributed by atoms with van der Waals surface area (Å²) in [7, 11) is 3.21. The van der Waals surface area contributed by atoms with Crippen LogP contribution in [0.1, 0.15) is 48.5 Å². The van der Waals surface area contributed by atoms with Gasteiger partial charge in [0.1, 0.15) is 17.1 Å². The lowest BCUT2D eigenvalue weighted by Gasteiger charge is -2.44. The zero-order valence-corrected chi connectivity index (χ0v) is 19.5. The second-order valence-electron chi connectivity index (χ2n) is 8.55. The summed E-state index contributed by atoms with van der Waals surface area (Å²) in [6, 6.07) is 11.1. The van der Waals surface area contributed by atoms with E-state index in [1.807, 2.05) is 30.0 Å². The van der Waals surface area contributed by atoms with Gasteiger partial charge in [0.15, 0.2) is 17.3 Å². The molecule has 2 aliphatic rings. The zero-order valence-electron chi connectivity index (χ0n) is 19.5. The van der Waals surface area contributed by atoms with Crippen LogP contribution in [-0.2, 0) is 11.2 Å². The quantitative estimate of drug-likeness (QED) is 0.629. The number of ketones is 1. The number of fused-ring (bicyclic) bond motifs is 1. The molecule has 0 aromatic heterocycles. The summed E-state index contributed by atoms with van der Waals surface area (Å²) in [6.07, 6.45) is 2.67. The molecule has 0 atom stereocenters. The van der Waals surface area contributed by atoms with Crippen LogP contribution >= 0.6 is 0 Å². The third-order valence-corrected chi connectivity index (χ3v) is 6.48. The first kappa shape index (κ1) is 23.0. The van der Waals surface area contributed by atoms with E-state index >= 15 is 0 Å². The lowest BCUT2D eigenvalue weighted by Crippen LogP contribution is -2.52. The van der Waals surface area contributed by atoms with Gasteiger partial charge in [-0.1, -0.05) is 6.07 Å². The van der Waals surface area contributed by atoms with Crippen LogP contribution in [-0.4, -0.2) is 56.1 Å².